The Balaban J connectivity index is 1.66. The number of aromatic nitrogens is 1. The maximum absolute atomic E-state index is 12.2. The summed E-state index contributed by atoms with van der Waals surface area (Å²) in [5.74, 6) is 0.327. The first-order valence-electron chi connectivity index (χ1n) is 6.90. The van der Waals surface area contributed by atoms with Crippen LogP contribution in [-0.4, -0.2) is 17.1 Å². The van der Waals surface area contributed by atoms with Gasteiger partial charge in [-0.05, 0) is 39.5 Å². The van der Waals surface area contributed by atoms with Crippen LogP contribution < -0.4 is 10.6 Å². The van der Waals surface area contributed by atoms with E-state index >= 15 is 0 Å². The number of rotatable bonds is 2. The second-order valence-electron chi connectivity index (χ2n) is 5.25. The van der Waals surface area contributed by atoms with Crippen LogP contribution in [0.15, 0.2) is 47.2 Å². The first kappa shape index (κ1) is 14.1. The quantitative estimate of drug-likeness (QED) is 0.871. The molecular formula is C16H16BrN3O. The number of urea groups is 1. The second kappa shape index (κ2) is 5.85. The van der Waals surface area contributed by atoms with Crippen LogP contribution in [0.5, 0.6) is 0 Å². The van der Waals surface area contributed by atoms with Crippen molar-refractivity contribution in [2.24, 2.45) is 0 Å². The number of hydrogen-bond acceptors (Lipinski definition) is 2. The van der Waals surface area contributed by atoms with Gasteiger partial charge >= 0.3 is 6.03 Å². The van der Waals surface area contributed by atoms with Crippen LogP contribution >= 0.6 is 15.9 Å². The second-order valence-corrected chi connectivity index (χ2v) is 6.11. The van der Waals surface area contributed by atoms with Gasteiger partial charge in [0.1, 0.15) is 0 Å². The predicted molar refractivity (Wildman–Crippen MR) is 86.4 cm³/mol. The third kappa shape index (κ3) is 2.93. The van der Waals surface area contributed by atoms with E-state index in [4.69, 9.17) is 0 Å². The van der Waals surface area contributed by atoms with Gasteiger partial charge in [0, 0.05) is 24.4 Å². The molecule has 0 radical (unpaired) electrons. The zero-order valence-corrected chi connectivity index (χ0v) is 13.2. The van der Waals surface area contributed by atoms with E-state index in [1.54, 1.807) is 18.5 Å². The zero-order chi connectivity index (χ0) is 14.8. The molecule has 1 heterocycles. The van der Waals surface area contributed by atoms with Crippen molar-refractivity contribution in [1.82, 2.24) is 10.3 Å². The fourth-order valence-electron chi connectivity index (χ4n) is 2.77. The van der Waals surface area contributed by atoms with Gasteiger partial charge in [-0.15, -0.1) is 0 Å². The number of hydrogen-bond donors (Lipinski definition) is 2. The minimum atomic E-state index is -0.188. The van der Waals surface area contributed by atoms with Gasteiger partial charge in [0.2, 0.25) is 0 Å². The molecule has 0 saturated heterocycles. The number of nitrogens with zero attached hydrogens (tertiary/aromatic N) is 1. The van der Waals surface area contributed by atoms with Crippen molar-refractivity contribution in [2.75, 3.05) is 5.32 Å². The van der Waals surface area contributed by atoms with Crippen LogP contribution in [-0.2, 0) is 6.42 Å². The average molecular weight is 346 g/mol. The average Bonchev–Trinajstić information content (AvgIpc) is 2.78. The molecule has 2 amide bonds. The van der Waals surface area contributed by atoms with Crippen LogP contribution in [0.4, 0.5) is 10.5 Å². The first-order valence-corrected chi connectivity index (χ1v) is 7.69. The summed E-state index contributed by atoms with van der Waals surface area (Å²) in [6, 6.07) is 10.1. The molecule has 1 aliphatic carbocycles. The number of anilines is 1. The molecule has 4 nitrogen and oxygen atoms in total. The molecule has 0 bridgehead atoms. The van der Waals surface area contributed by atoms with Crippen LogP contribution in [0, 0.1) is 0 Å². The molecule has 21 heavy (non-hydrogen) atoms. The van der Waals surface area contributed by atoms with E-state index in [1.807, 2.05) is 12.1 Å². The van der Waals surface area contributed by atoms with Gasteiger partial charge in [0.15, 0.2) is 0 Å². The van der Waals surface area contributed by atoms with Crippen molar-refractivity contribution in [3.8, 4) is 0 Å². The highest BCUT2D eigenvalue weighted by atomic mass is 79.9. The number of carbonyl (C=O) groups is 1. The molecule has 1 aliphatic rings. The van der Waals surface area contributed by atoms with E-state index in [2.05, 4.69) is 50.6 Å². The Morgan fingerprint density at radius 1 is 1.33 bits per heavy atom. The van der Waals surface area contributed by atoms with E-state index in [0.29, 0.717) is 11.6 Å². The number of fused-ring (bicyclic) bond motifs is 1. The summed E-state index contributed by atoms with van der Waals surface area (Å²) in [5, 5.41) is 5.91. The summed E-state index contributed by atoms with van der Waals surface area (Å²) in [6.45, 7) is 2.15. The largest absolute Gasteiger partial charge is 0.334 e. The number of carbonyl (C=O) groups excluding carboxylic acids is 1. The minimum absolute atomic E-state index is 0.128. The van der Waals surface area contributed by atoms with Gasteiger partial charge in [0.25, 0.3) is 0 Å². The lowest BCUT2D eigenvalue weighted by atomic mass is 10.0. The van der Waals surface area contributed by atoms with E-state index in [9.17, 15) is 4.79 Å². The maximum atomic E-state index is 12.2. The number of benzene rings is 1. The molecule has 3 rings (SSSR count). The summed E-state index contributed by atoms with van der Waals surface area (Å²) < 4.78 is 0.767. The van der Waals surface area contributed by atoms with Gasteiger partial charge in [-0.1, -0.05) is 31.2 Å². The standard InChI is InChI=1S/C16H16BrN3O/c1-10-12-5-3-2-4-11(12)8-15(10)20-16(21)19-14-6-7-18-9-13(14)17/h2-7,9-10,15H,8H2,1H3,(H2,18,19,20,21)/t10-,15+/m0/s1. The Kier molecular flexibility index (Phi) is 3.92. The van der Waals surface area contributed by atoms with Gasteiger partial charge < -0.3 is 10.6 Å². The Labute approximate surface area is 132 Å². The van der Waals surface area contributed by atoms with Crippen LogP contribution in [0.3, 0.4) is 0 Å². The van der Waals surface area contributed by atoms with Crippen LogP contribution in [0.2, 0.25) is 0 Å². The number of amides is 2. The topological polar surface area (TPSA) is 54.0 Å². The predicted octanol–water partition coefficient (Wildman–Crippen LogP) is 3.69. The summed E-state index contributed by atoms with van der Waals surface area (Å²) in [7, 11) is 0. The van der Waals surface area contributed by atoms with Crippen molar-refractivity contribution in [2.45, 2.75) is 25.3 Å². The number of nitrogens with one attached hydrogen (secondary N) is 2. The smallest absolute Gasteiger partial charge is 0.319 e. The summed E-state index contributed by atoms with van der Waals surface area (Å²) in [4.78, 5) is 16.1. The molecule has 2 N–H and O–H groups in total. The van der Waals surface area contributed by atoms with E-state index in [-0.39, 0.29) is 12.1 Å². The molecule has 2 aromatic rings. The van der Waals surface area contributed by atoms with Crippen molar-refractivity contribution < 1.29 is 4.79 Å². The molecule has 1 aromatic carbocycles. The number of pyridine rings is 1. The van der Waals surface area contributed by atoms with Crippen molar-refractivity contribution in [3.05, 3.63) is 58.3 Å². The molecule has 0 fully saturated rings. The van der Waals surface area contributed by atoms with Crippen molar-refractivity contribution >= 4 is 27.6 Å². The highest BCUT2D eigenvalue weighted by Gasteiger charge is 2.29. The van der Waals surface area contributed by atoms with Gasteiger partial charge in [-0.3, -0.25) is 4.98 Å². The van der Waals surface area contributed by atoms with Gasteiger partial charge in [0.05, 0.1) is 10.2 Å². The normalized spacial score (nSPS) is 19.9. The van der Waals surface area contributed by atoms with Crippen LogP contribution in [0.1, 0.15) is 24.0 Å². The zero-order valence-electron chi connectivity index (χ0n) is 11.6. The maximum Gasteiger partial charge on any atom is 0.319 e. The highest BCUT2D eigenvalue weighted by Crippen LogP contribution is 2.32. The van der Waals surface area contributed by atoms with E-state index in [1.165, 1.54) is 11.1 Å². The summed E-state index contributed by atoms with van der Waals surface area (Å²) >= 11 is 3.37. The lowest BCUT2D eigenvalue weighted by Crippen LogP contribution is -2.39. The lowest BCUT2D eigenvalue weighted by molar-refractivity contribution is 0.247. The van der Waals surface area contributed by atoms with E-state index < -0.39 is 0 Å². The fourth-order valence-corrected chi connectivity index (χ4v) is 3.12. The third-order valence-corrected chi connectivity index (χ3v) is 4.56. The monoisotopic (exact) mass is 345 g/mol. The molecule has 0 saturated carbocycles. The first-order chi connectivity index (χ1) is 10.1. The van der Waals surface area contributed by atoms with Crippen LogP contribution in [0.25, 0.3) is 0 Å². The molecule has 0 aliphatic heterocycles. The van der Waals surface area contributed by atoms with E-state index in [0.717, 1.165) is 10.9 Å². The van der Waals surface area contributed by atoms with Crippen molar-refractivity contribution in [1.29, 1.82) is 0 Å². The summed E-state index contributed by atoms with van der Waals surface area (Å²) in [6.07, 6.45) is 4.18. The SMILES string of the molecule is C[C@H]1c2ccccc2C[C@H]1NC(=O)Nc1ccncc1Br. The molecule has 1 aromatic heterocycles. The minimum Gasteiger partial charge on any atom is -0.334 e. The molecular weight excluding hydrogens is 330 g/mol. The van der Waals surface area contributed by atoms with Crippen molar-refractivity contribution in [3.63, 3.8) is 0 Å². The Hall–Kier alpha value is -1.88. The lowest BCUT2D eigenvalue weighted by Gasteiger charge is -2.18. The third-order valence-electron chi connectivity index (χ3n) is 3.93. The van der Waals surface area contributed by atoms with Gasteiger partial charge in [-0.25, -0.2) is 4.79 Å². The molecule has 0 spiro atoms. The highest BCUT2D eigenvalue weighted by molar-refractivity contribution is 9.10. The van der Waals surface area contributed by atoms with Gasteiger partial charge in [-0.2, -0.15) is 0 Å². The Morgan fingerprint density at radius 2 is 2.14 bits per heavy atom. The molecule has 2 atom stereocenters. The Morgan fingerprint density at radius 3 is 2.90 bits per heavy atom. The summed E-state index contributed by atoms with van der Waals surface area (Å²) in [5.41, 5.74) is 3.36. The molecule has 108 valence electrons. The fraction of sp³-hybridized carbons (Fsp3) is 0.250. The Bertz CT molecular complexity index is 674. The number of halogens is 1. The molecule has 5 heteroatoms. The molecule has 0 unspecified atom stereocenters.